The second kappa shape index (κ2) is 66.8. The van der Waals surface area contributed by atoms with Crippen LogP contribution in [0, 0.1) is 53.8 Å². The largest absolute Gasteiger partial charge is 0.467 e. The van der Waals surface area contributed by atoms with Crippen molar-refractivity contribution in [1.82, 2.24) is 0 Å². The molecule has 618 valence electrons. The summed E-state index contributed by atoms with van der Waals surface area (Å²) in [6.45, 7) is 21.2. The van der Waals surface area contributed by atoms with Crippen LogP contribution < -0.4 is 0 Å². The highest BCUT2D eigenvalue weighted by Crippen LogP contribution is 2.50. The quantitative estimate of drug-likeness (QED) is 0.0457. The SMILES string of the molecule is CC(C)(C1CCC(N=C=O)CC1)C1CCC(N=C=O)CC1.CC1(C)CC(N=C=O)CC(C)(CN=C=O)C1.CC1CCCCC1.CCN=C=O.CN=C=O.CN=C=O.COC(=O)C(CCCCN=C=O)N=C=O.Cc1cc(-c2ccc(N=C=O)c(C)c2)ccc1N=C=O.O=C=NC1CCC(N=C=O)CC1.O=C=NCC1CCCCC1. The molecule has 0 amide bonds. The molecule has 0 aromatic heterocycles. The standard InChI is InChI=1S/C17H26N2O2.C16H12N2O2.C12H18N2O2.C9H12N2O4.C8H10N2O2.C8H13NO.C7H14.C3H5NO.2C2H3NO/c1-17(2,13-3-7-15(8-4-13)18-11-20)14-5-9-16(10-6-14)19-12-21;1-11-7-13(3-5-15(11)17-9-19)14-4-6-16(18-10-20)12(2)8-14;1-11(2)4-10(14-9-16)5-12(3,6-11)7-13-8-15;1-15-9(14)8(11-7-13)4-2-3-5-10-6-12;11-5-9-7-1-2-8(4-3-7)10-6-12;10-7-9-6-8-4-2-1-3-5-8;1-7-5-3-2-4-6-7;1-2-4-3-5;2*1-3-2-4/h13-16H,3-10H2,1-2H3;3-8H,1-2H3;10H,4-7H2,1-3H3;8H,2-5H2,1H3;7-8H,1-4H2;8H,1-6H2;7H,2-6H2,1H3;2H2,1H3;2*1H3. The zero-order chi connectivity index (χ0) is 85.7. The molecule has 6 fully saturated rings. The van der Waals surface area contributed by atoms with E-state index in [2.05, 4.69) is 116 Å². The molecule has 6 aliphatic rings. The lowest BCUT2D eigenvalue weighted by atomic mass is 9.60. The molecule has 3 unspecified atom stereocenters. The van der Waals surface area contributed by atoms with Crippen LogP contribution in [-0.4, -0.2) is 175 Å². The van der Waals surface area contributed by atoms with Crippen LogP contribution in [0.3, 0.4) is 0 Å². The molecule has 0 heterocycles. The van der Waals surface area contributed by atoms with Crippen molar-refractivity contribution in [1.29, 1.82) is 0 Å². The average Bonchev–Trinajstić information content (AvgIpc) is 0.812. The summed E-state index contributed by atoms with van der Waals surface area (Å²) in [4.78, 5) is 198. The maximum absolute atomic E-state index is 11.0. The Morgan fingerprint density at radius 3 is 1.19 bits per heavy atom. The van der Waals surface area contributed by atoms with E-state index in [0.29, 0.717) is 80.0 Å². The Balaban J connectivity index is 0. The van der Waals surface area contributed by atoms with Crippen LogP contribution in [0.1, 0.15) is 239 Å². The highest BCUT2D eigenvalue weighted by atomic mass is 16.5. The molecule has 0 saturated heterocycles. The molecule has 6 aliphatic carbocycles. The van der Waals surface area contributed by atoms with Gasteiger partial charge in [-0.15, -0.1) is 0 Å². The molecule has 0 radical (unpaired) electrons. The predicted octanol–water partition coefficient (Wildman–Crippen LogP) is 16.0. The zero-order valence-corrected chi connectivity index (χ0v) is 68.7. The topological polar surface area (TPSA) is 438 Å². The first-order chi connectivity index (χ1) is 54.8. The monoisotopic (exact) mass is 1580 g/mol. The first-order valence-corrected chi connectivity index (χ1v) is 38.8. The average molecular weight is 1580 g/mol. The number of hydrogen-bond acceptors (Lipinski definition) is 30. The van der Waals surface area contributed by atoms with E-state index in [-0.39, 0.29) is 41.0 Å². The predicted molar refractivity (Wildman–Crippen MR) is 431 cm³/mol. The Morgan fingerprint density at radius 2 is 0.868 bits per heavy atom. The maximum Gasteiger partial charge on any atom is 0.331 e. The molecule has 3 atom stereocenters. The third-order valence-electron chi connectivity index (χ3n) is 20.5. The van der Waals surface area contributed by atoms with Crippen LogP contribution >= 0.6 is 0 Å². The third kappa shape index (κ3) is 49.6. The van der Waals surface area contributed by atoms with Gasteiger partial charge in [0.15, 0.2) is 6.04 Å². The Bertz CT molecular complexity index is 3710. The summed E-state index contributed by atoms with van der Waals surface area (Å²) in [5, 5.41) is 0. The number of methoxy groups -OCH3 is 1. The van der Waals surface area contributed by atoms with Crippen LogP contribution in [0.2, 0.25) is 0 Å². The fourth-order valence-electron chi connectivity index (χ4n) is 14.9. The second-order valence-corrected chi connectivity index (χ2v) is 30.0. The van der Waals surface area contributed by atoms with Crippen molar-refractivity contribution in [2.24, 2.45) is 110 Å². The Labute approximate surface area is 670 Å². The van der Waals surface area contributed by atoms with E-state index in [9.17, 15) is 57.5 Å². The van der Waals surface area contributed by atoms with E-state index < -0.39 is 12.0 Å². The number of hydrogen-bond donors (Lipinski definition) is 0. The van der Waals surface area contributed by atoms with Gasteiger partial charge in [-0.25, -0.2) is 127 Å². The minimum atomic E-state index is -0.798. The summed E-state index contributed by atoms with van der Waals surface area (Å²) >= 11 is 0. The van der Waals surface area contributed by atoms with Gasteiger partial charge in [0.2, 0.25) is 85.1 Å². The number of benzene rings is 2. The van der Waals surface area contributed by atoms with E-state index >= 15 is 0 Å². The summed E-state index contributed by atoms with van der Waals surface area (Å²) < 4.78 is 4.45. The van der Waals surface area contributed by atoms with Crippen molar-refractivity contribution < 1.29 is 76.7 Å². The lowest BCUT2D eigenvalue weighted by molar-refractivity contribution is -0.142. The second-order valence-electron chi connectivity index (χ2n) is 30.0. The molecule has 0 N–H and O–H groups in total. The van der Waals surface area contributed by atoms with Crippen LogP contribution in [0.25, 0.3) is 11.1 Å². The van der Waals surface area contributed by atoms with Gasteiger partial charge in [-0.3, -0.25) is 0 Å². The van der Waals surface area contributed by atoms with E-state index in [0.717, 1.165) is 124 Å². The van der Waals surface area contributed by atoms with Gasteiger partial charge >= 0.3 is 5.97 Å². The van der Waals surface area contributed by atoms with Gasteiger partial charge in [-0.05, 0) is 236 Å². The van der Waals surface area contributed by atoms with Gasteiger partial charge in [0.05, 0.1) is 68.3 Å². The molecule has 0 bridgehead atoms. The maximum atomic E-state index is 11.0. The van der Waals surface area contributed by atoms with Gasteiger partial charge in [0.25, 0.3) is 0 Å². The van der Waals surface area contributed by atoms with Gasteiger partial charge in [-0.1, -0.05) is 105 Å². The summed E-state index contributed by atoms with van der Waals surface area (Å²) in [6, 6.07) is 11.1. The van der Waals surface area contributed by atoms with Gasteiger partial charge in [0, 0.05) is 20.6 Å². The van der Waals surface area contributed by atoms with Crippen LogP contribution in [-0.2, 0) is 76.7 Å². The molecule has 0 spiro atoms. The summed E-state index contributed by atoms with van der Waals surface area (Å²) in [6.07, 6.45) is 51.4. The Hall–Kier alpha value is -10.8. The van der Waals surface area contributed by atoms with Gasteiger partial charge in [0.1, 0.15) is 0 Å². The van der Waals surface area contributed by atoms with E-state index in [1.54, 1.807) is 73.8 Å². The third-order valence-corrected chi connectivity index (χ3v) is 20.5. The number of aliphatic imine (C=N–C) groups is 14. The van der Waals surface area contributed by atoms with E-state index in [1.165, 1.54) is 116 Å². The summed E-state index contributed by atoms with van der Waals surface area (Å²) in [5.74, 6) is 2.58. The Kier molecular flexibility index (Phi) is 61.7. The first-order valence-electron chi connectivity index (χ1n) is 38.8. The van der Waals surface area contributed by atoms with Crippen molar-refractivity contribution in [3.63, 3.8) is 0 Å². The highest BCUT2D eigenvalue weighted by Gasteiger charge is 2.42. The normalized spacial score (nSPS) is 20.6. The molecule has 2 aromatic rings. The van der Waals surface area contributed by atoms with Crippen molar-refractivity contribution in [2.45, 2.75) is 278 Å². The fraction of sp³-hybridized carbons (Fsp3) is 0.679. The first kappa shape index (κ1) is 105. The number of carbonyl (C=O) groups excluding carboxylic acids is 15. The molecule has 0 aliphatic heterocycles. The van der Waals surface area contributed by atoms with Crippen molar-refractivity contribution in [3.8, 4) is 11.1 Å². The molecule has 2 aromatic carbocycles. The number of unbranched alkanes of at least 4 members (excludes halogenated alkanes) is 1. The van der Waals surface area contributed by atoms with Crippen molar-refractivity contribution in [3.05, 3.63) is 47.5 Å². The van der Waals surface area contributed by atoms with Crippen molar-refractivity contribution >= 4 is 102 Å². The number of aryl methyl sites for hydroxylation is 2. The number of rotatable bonds is 22. The molecule has 6 saturated carbocycles. The number of carbonyl (C=O) groups is 1. The van der Waals surface area contributed by atoms with Crippen LogP contribution in [0.5, 0.6) is 0 Å². The zero-order valence-electron chi connectivity index (χ0n) is 68.7. The lowest BCUT2D eigenvalue weighted by Crippen LogP contribution is -2.39. The number of ether oxygens (including phenoxy) is 1. The lowest BCUT2D eigenvalue weighted by Gasteiger charge is -2.46. The molecular weight excluding hydrogens is 1460 g/mol. The van der Waals surface area contributed by atoms with Crippen molar-refractivity contribution in [2.75, 3.05) is 47.4 Å². The van der Waals surface area contributed by atoms with Crippen LogP contribution in [0.15, 0.2) is 106 Å². The minimum Gasteiger partial charge on any atom is -0.467 e. The van der Waals surface area contributed by atoms with Gasteiger partial charge < -0.3 is 4.74 Å². The fourth-order valence-corrected chi connectivity index (χ4v) is 14.9. The minimum absolute atomic E-state index is 0.00750. The highest BCUT2D eigenvalue weighted by molar-refractivity contribution is 5.76. The van der Waals surface area contributed by atoms with Gasteiger partial charge in [-0.2, -0.15) is 15.0 Å². The summed E-state index contributed by atoms with van der Waals surface area (Å²) in [5.41, 5.74) is 5.43. The molecule has 30 nitrogen and oxygen atoms in total. The van der Waals surface area contributed by atoms with E-state index in [1.807, 2.05) is 38.1 Å². The Morgan fingerprint density at radius 1 is 0.474 bits per heavy atom. The smallest absolute Gasteiger partial charge is 0.331 e. The molecule has 30 heteroatoms. The molecule has 114 heavy (non-hydrogen) atoms. The molecular formula is C84H116N14O16. The number of isocyanates is 14. The molecule has 8 rings (SSSR count). The number of esters is 1. The van der Waals surface area contributed by atoms with Crippen LogP contribution in [0.4, 0.5) is 11.4 Å². The number of nitrogens with zero attached hydrogens (tertiary/aromatic N) is 14. The summed E-state index contributed by atoms with van der Waals surface area (Å²) in [7, 11) is 3.99. The van der Waals surface area contributed by atoms with E-state index in [4.69, 9.17) is 14.4 Å².